The number of hydrogen-bond acceptors (Lipinski definition) is 4. The van der Waals surface area contributed by atoms with E-state index in [2.05, 4.69) is 4.72 Å². The van der Waals surface area contributed by atoms with E-state index >= 15 is 0 Å². The van der Waals surface area contributed by atoms with Crippen LogP contribution in [0.15, 0.2) is 59.0 Å². The summed E-state index contributed by atoms with van der Waals surface area (Å²) in [6, 6.07) is 16.1. The Kier molecular flexibility index (Phi) is 4.40. The zero-order valence-electron chi connectivity index (χ0n) is 13.2. The molecule has 6 heteroatoms. The number of Topliss-reactive ketones (excluding diaryl/α,β-unsaturated/α-hetero) is 1. The number of fused-ring (bicyclic) bond motifs is 1. The molecule has 0 amide bonds. The fourth-order valence-corrected chi connectivity index (χ4v) is 3.04. The maximum absolute atomic E-state index is 12.2. The largest absolute Gasteiger partial charge is 0.461 e. The van der Waals surface area contributed by atoms with Crippen LogP contribution in [0.3, 0.4) is 0 Å². The van der Waals surface area contributed by atoms with Crippen LogP contribution in [-0.2, 0) is 16.4 Å². The van der Waals surface area contributed by atoms with Crippen LogP contribution in [0.1, 0.15) is 22.5 Å². The van der Waals surface area contributed by atoms with Crippen LogP contribution in [0.4, 0.5) is 5.69 Å². The van der Waals surface area contributed by atoms with Crippen molar-refractivity contribution in [3.63, 3.8) is 0 Å². The Morgan fingerprint density at radius 3 is 2.46 bits per heavy atom. The summed E-state index contributed by atoms with van der Waals surface area (Å²) >= 11 is 0. The van der Waals surface area contributed by atoms with Crippen LogP contribution in [0.25, 0.3) is 11.0 Å². The number of nitrogens with one attached hydrogen (secondary N) is 1. The highest BCUT2D eigenvalue weighted by Crippen LogP contribution is 2.20. The molecule has 2 aromatic carbocycles. The van der Waals surface area contributed by atoms with E-state index in [0.29, 0.717) is 24.1 Å². The average Bonchev–Trinajstić information content (AvgIpc) is 2.94. The van der Waals surface area contributed by atoms with Crippen molar-refractivity contribution in [2.75, 3.05) is 11.0 Å². The van der Waals surface area contributed by atoms with E-state index in [1.807, 2.05) is 30.3 Å². The van der Waals surface area contributed by atoms with Gasteiger partial charge in [0.25, 0.3) is 0 Å². The minimum Gasteiger partial charge on any atom is -0.461 e. The zero-order valence-corrected chi connectivity index (χ0v) is 14.0. The second-order valence-corrected chi connectivity index (χ2v) is 7.37. The molecule has 124 valence electrons. The molecule has 3 rings (SSSR count). The third kappa shape index (κ3) is 4.02. The number of benzene rings is 2. The van der Waals surface area contributed by atoms with Crippen molar-refractivity contribution in [2.45, 2.75) is 12.8 Å². The fraction of sp³-hybridized carbons (Fsp3) is 0.167. The Labute approximate surface area is 140 Å². The van der Waals surface area contributed by atoms with Crippen molar-refractivity contribution in [3.8, 4) is 0 Å². The average molecular weight is 343 g/mol. The second-order valence-electron chi connectivity index (χ2n) is 5.63. The summed E-state index contributed by atoms with van der Waals surface area (Å²) in [5.41, 5.74) is 1.80. The van der Waals surface area contributed by atoms with Gasteiger partial charge in [0.05, 0.1) is 6.26 Å². The second kappa shape index (κ2) is 6.49. The van der Waals surface area contributed by atoms with E-state index in [-0.39, 0.29) is 5.78 Å². The van der Waals surface area contributed by atoms with E-state index in [0.717, 1.165) is 23.0 Å². The highest BCUT2D eigenvalue weighted by atomic mass is 32.2. The molecule has 0 aliphatic rings. The van der Waals surface area contributed by atoms with Crippen molar-refractivity contribution < 1.29 is 17.6 Å². The molecule has 0 aliphatic carbocycles. The summed E-state index contributed by atoms with van der Waals surface area (Å²) in [5.74, 6) is 0.765. The lowest BCUT2D eigenvalue weighted by molar-refractivity contribution is 0.0981. The first kappa shape index (κ1) is 16.3. The molecule has 24 heavy (non-hydrogen) atoms. The molecule has 0 aliphatic heterocycles. The summed E-state index contributed by atoms with van der Waals surface area (Å²) in [4.78, 5) is 12.2. The van der Waals surface area contributed by atoms with Gasteiger partial charge in [0, 0.05) is 29.5 Å². The molecule has 0 radical (unpaired) electrons. The molecule has 5 nitrogen and oxygen atoms in total. The number of ketones is 1. The van der Waals surface area contributed by atoms with Crippen molar-refractivity contribution in [1.82, 2.24) is 0 Å². The van der Waals surface area contributed by atoms with Gasteiger partial charge in [-0.25, -0.2) is 8.42 Å². The normalized spacial score (nSPS) is 11.5. The standard InChI is InChI=1S/C18H17NO4S/c1-24(21,22)19-15-8-6-13(7-9-15)17(20)11-10-16-12-14-4-2-3-5-18(14)23-16/h2-9,12,19H,10-11H2,1H3. The molecular formula is C18H17NO4S. The lowest BCUT2D eigenvalue weighted by Crippen LogP contribution is -2.09. The smallest absolute Gasteiger partial charge is 0.229 e. The topological polar surface area (TPSA) is 76.4 Å². The number of para-hydroxylation sites is 1. The van der Waals surface area contributed by atoms with Crippen LogP contribution in [0, 0.1) is 0 Å². The van der Waals surface area contributed by atoms with Crippen molar-refractivity contribution in [1.29, 1.82) is 0 Å². The minimum atomic E-state index is -3.32. The first-order valence-corrected chi connectivity index (χ1v) is 9.38. The Bertz CT molecular complexity index is 939. The predicted octanol–water partition coefficient (Wildman–Crippen LogP) is 3.62. The van der Waals surface area contributed by atoms with Gasteiger partial charge in [-0.3, -0.25) is 9.52 Å². The van der Waals surface area contributed by atoms with Gasteiger partial charge < -0.3 is 4.42 Å². The van der Waals surface area contributed by atoms with E-state index in [1.165, 1.54) is 0 Å². The molecule has 0 unspecified atom stereocenters. The Hall–Kier alpha value is -2.60. The summed E-state index contributed by atoms with van der Waals surface area (Å²) in [6.45, 7) is 0. The van der Waals surface area contributed by atoms with Gasteiger partial charge in [-0.1, -0.05) is 18.2 Å². The highest BCUT2D eigenvalue weighted by molar-refractivity contribution is 7.92. The number of carbonyl (C=O) groups excluding carboxylic acids is 1. The van der Waals surface area contributed by atoms with E-state index < -0.39 is 10.0 Å². The maximum Gasteiger partial charge on any atom is 0.229 e. The van der Waals surface area contributed by atoms with Crippen molar-refractivity contribution >= 4 is 32.5 Å². The van der Waals surface area contributed by atoms with Gasteiger partial charge in [-0.05, 0) is 36.4 Å². The molecule has 1 aromatic heterocycles. The van der Waals surface area contributed by atoms with Crippen LogP contribution in [-0.4, -0.2) is 20.5 Å². The Morgan fingerprint density at radius 1 is 1.08 bits per heavy atom. The highest BCUT2D eigenvalue weighted by Gasteiger charge is 2.10. The number of anilines is 1. The Morgan fingerprint density at radius 2 is 1.79 bits per heavy atom. The van der Waals surface area contributed by atoms with Gasteiger partial charge in [0.2, 0.25) is 10.0 Å². The van der Waals surface area contributed by atoms with Gasteiger partial charge in [-0.2, -0.15) is 0 Å². The molecule has 0 spiro atoms. The minimum absolute atomic E-state index is 0.0126. The van der Waals surface area contributed by atoms with Gasteiger partial charge in [0.1, 0.15) is 11.3 Å². The third-order valence-corrected chi connectivity index (χ3v) is 4.19. The number of hydrogen-bond donors (Lipinski definition) is 1. The molecule has 0 bridgehead atoms. The van der Waals surface area contributed by atoms with E-state index in [9.17, 15) is 13.2 Å². The molecule has 0 atom stereocenters. The molecule has 1 N–H and O–H groups in total. The number of sulfonamides is 1. The van der Waals surface area contributed by atoms with Gasteiger partial charge in [-0.15, -0.1) is 0 Å². The molecule has 0 fully saturated rings. The molecule has 3 aromatic rings. The quantitative estimate of drug-likeness (QED) is 0.694. The van der Waals surface area contributed by atoms with Crippen molar-refractivity contribution in [3.05, 3.63) is 65.9 Å². The molecule has 1 heterocycles. The first-order chi connectivity index (χ1) is 11.4. The molecular weight excluding hydrogens is 326 g/mol. The van der Waals surface area contributed by atoms with Gasteiger partial charge in [0.15, 0.2) is 5.78 Å². The van der Waals surface area contributed by atoms with E-state index in [4.69, 9.17) is 4.42 Å². The van der Waals surface area contributed by atoms with Crippen LogP contribution < -0.4 is 4.72 Å². The zero-order chi connectivity index (χ0) is 17.2. The first-order valence-electron chi connectivity index (χ1n) is 7.49. The lowest BCUT2D eigenvalue weighted by Gasteiger charge is -2.05. The number of rotatable bonds is 6. The third-order valence-electron chi connectivity index (χ3n) is 3.59. The van der Waals surface area contributed by atoms with Gasteiger partial charge >= 0.3 is 0 Å². The lowest BCUT2D eigenvalue weighted by atomic mass is 10.1. The van der Waals surface area contributed by atoms with Crippen LogP contribution in [0.5, 0.6) is 0 Å². The molecule has 0 saturated heterocycles. The maximum atomic E-state index is 12.2. The Balaban J connectivity index is 1.64. The van der Waals surface area contributed by atoms with Crippen molar-refractivity contribution in [2.24, 2.45) is 0 Å². The number of furan rings is 1. The summed E-state index contributed by atoms with van der Waals surface area (Å²) in [5, 5.41) is 1.02. The number of aryl methyl sites for hydroxylation is 1. The van der Waals surface area contributed by atoms with E-state index in [1.54, 1.807) is 24.3 Å². The van der Waals surface area contributed by atoms with Crippen LogP contribution >= 0.6 is 0 Å². The number of carbonyl (C=O) groups is 1. The fourth-order valence-electron chi connectivity index (χ4n) is 2.48. The predicted molar refractivity (Wildman–Crippen MR) is 93.8 cm³/mol. The summed E-state index contributed by atoms with van der Waals surface area (Å²) < 4.78 is 30.4. The SMILES string of the molecule is CS(=O)(=O)Nc1ccc(C(=O)CCc2cc3ccccc3o2)cc1. The van der Waals surface area contributed by atoms with Crippen LogP contribution in [0.2, 0.25) is 0 Å². The monoisotopic (exact) mass is 343 g/mol. The summed E-state index contributed by atoms with van der Waals surface area (Å²) in [7, 11) is -3.32. The molecule has 0 saturated carbocycles. The summed E-state index contributed by atoms with van der Waals surface area (Å²) in [6.07, 6.45) is 1.94.